The van der Waals surface area contributed by atoms with Gasteiger partial charge in [-0.1, -0.05) is 20.8 Å². The predicted molar refractivity (Wildman–Crippen MR) is 83.9 cm³/mol. The van der Waals surface area contributed by atoms with Crippen LogP contribution in [0, 0.1) is 10.1 Å². The smallest absolute Gasteiger partial charge is 0.311 e. The zero-order valence-corrected chi connectivity index (χ0v) is 13.1. The summed E-state index contributed by atoms with van der Waals surface area (Å²) in [5, 5.41) is 17.0. The number of nitro groups is 1. The molecule has 0 spiro atoms. The van der Waals surface area contributed by atoms with Crippen LogP contribution in [0.1, 0.15) is 31.5 Å². The van der Waals surface area contributed by atoms with Gasteiger partial charge in [0.2, 0.25) is 5.82 Å². The van der Waals surface area contributed by atoms with Gasteiger partial charge in [-0.25, -0.2) is 9.97 Å². The van der Waals surface area contributed by atoms with Gasteiger partial charge in [0.15, 0.2) is 0 Å². The number of rotatable bonds is 5. The maximum Gasteiger partial charge on any atom is 0.311 e. The van der Waals surface area contributed by atoms with Gasteiger partial charge in [-0.2, -0.15) is 0 Å². The molecule has 2 heterocycles. The molecule has 112 valence electrons. The Kier molecular flexibility index (Phi) is 4.52. The highest BCUT2D eigenvalue weighted by Crippen LogP contribution is 2.26. The number of pyridine rings is 1. The summed E-state index contributed by atoms with van der Waals surface area (Å²) >= 11 is 1.65. The van der Waals surface area contributed by atoms with E-state index >= 15 is 0 Å². The minimum atomic E-state index is -0.435. The fraction of sp³-hybridized carbons (Fsp3) is 0.429. The largest absolute Gasteiger partial charge is 0.364 e. The van der Waals surface area contributed by atoms with Crippen LogP contribution in [0.15, 0.2) is 23.7 Å². The van der Waals surface area contributed by atoms with Crippen LogP contribution in [0.25, 0.3) is 0 Å². The fourth-order valence-corrected chi connectivity index (χ4v) is 2.70. The van der Waals surface area contributed by atoms with Crippen LogP contribution in [0.3, 0.4) is 0 Å². The second-order valence-electron chi connectivity index (χ2n) is 5.70. The number of hydrogen-bond donors (Lipinski definition) is 1. The molecule has 2 aromatic rings. The predicted octanol–water partition coefficient (Wildman–Crippen LogP) is 3.40. The van der Waals surface area contributed by atoms with E-state index in [1.165, 1.54) is 12.3 Å². The quantitative estimate of drug-likeness (QED) is 0.676. The van der Waals surface area contributed by atoms with Crippen LogP contribution in [0.4, 0.5) is 11.5 Å². The van der Waals surface area contributed by atoms with Crippen molar-refractivity contribution in [3.05, 3.63) is 44.5 Å². The highest BCUT2D eigenvalue weighted by molar-refractivity contribution is 7.09. The van der Waals surface area contributed by atoms with E-state index in [4.69, 9.17) is 0 Å². The summed E-state index contributed by atoms with van der Waals surface area (Å²) in [6, 6.07) is 3.00. The molecule has 0 amide bonds. The Labute approximate surface area is 127 Å². The number of aromatic nitrogens is 2. The summed E-state index contributed by atoms with van der Waals surface area (Å²) in [6.45, 7) is 6.95. The molecule has 21 heavy (non-hydrogen) atoms. The molecule has 6 nitrogen and oxygen atoms in total. The van der Waals surface area contributed by atoms with Crippen molar-refractivity contribution in [1.82, 2.24) is 9.97 Å². The minimum absolute atomic E-state index is 0.00819. The van der Waals surface area contributed by atoms with Crippen LogP contribution < -0.4 is 5.32 Å². The van der Waals surface area contributed by atoms with Crippen LogP contribution in [0.2, 0.25) is 0 Å². The van der Waals surface area contributed by atoms with Crippen molar-refractivity contribution in [2.45, 2.75) is 32.6 Å². The molecule has 0 saturated carbocycles. The van der Waals surface area contributed by atoms with Gasteiger partial charge < -0.3 is 5.32 Å². The third-order valence-corrected chi connectivity index (χ3v) is 4.17. The number of nitrogens with one attached hydrogen (secondary N) is 1. The average Bonchev–Trinajstić information content (AvgIpc) is 2.88. The van der Waals surface area contributed by atoms with E-state index in [-0.39, 0.29) is 11.1 Å². The van der Waals surface area contributed by atoms with Gasteiger partial charge in [-0.05, 0) is 6.07 Å². The zero-order chi connectivity index (χ0) is 15.5. The third kappa shape index (κ3) is 3.98. The van der Waals surface area contributed by atoms with E-state index in [9.17, 15) is 10.1 Å². The molecule has 0 bridgehead atoms. The Hall–Kier alpha value is -2.02. The number of thiazole rings is 1. The molecule has 0 unspecified atom stereocenters. The number of hydrogen-bond acceptors (Lipinski definition) is 6. The van der Waals surface area contributed by atoms with Crippen molar-refractivity contribution >= 4 is 22.8 Å². The molecule has 1 N–H and O–H groups in total. The van der Waals surface area contributed by atoms with E-state index < -0.39 is 4.92 Å². The van der Waals surface area contributed by atoms with Gasteiger partial charge in [-0.15, -0.1) is 11.3 Å². The monoisotopic (exact) mass is 306 g/mol. The Balaban J connectivity index is 1.96. The average molecular weight is 306 g/mol. The van der Waals surface area contributed by atoms with E-state index in [0.29, 0.717) is 18.8 Å². The Morgan fingerprint density at radius 2 is 2.19 bits per heavy atom. The van der Waals surface area contributed by atoms with Crippen LogP contribution in [-0.4, -0.2) is 21.4 Å². The molecule has 0 aliphatic rings. The van der Waals surface area contributed by atoms with E-state index in [1.54, 1.807) is 17.4 Å². The Morgan fingerprint density at radius 1 is 1.43 bits per heavy atom. The lowest BCUT2D eigenvalue weighted by Gasteiger charge is -2.13. The van der Waals surface area contributed by atoms with Gasteiger partial charge in [0.1, 0.15) is 0 Å². The normalized spacial score (nSPS) is 11.4. The Morgan fingerprint density at radius 3 is 2.81 bits per heavy atom. The SMILES string of the molecule is CC(C)(C)c1nc(CCNc2ncccc2[N+](=O)[O-])cs1. The molecule has 0 aliphatic heterocycles. The Bertz CT molecular complexity index is 634. The molecule has 2 rings (SSSR count). The lowest BCUT2D eigenvalue weighted by molar-refractivity contribution is -0.384. The lowest BCUT2D eigenvalue weighted by Crippen LogP contribution is -2.11. The van der Waals surface area contributed by atoms with Gasteiger partial charge >= 0.3 is 5.69 Å². The van der Waals surface area contributed by atoms with Gasteiger partial charge in [0.05, 0.1) is 15.6 Å². The van der Waals surface area contributed by atoms with E-state index in [0.717, 1.165) is 10.7 Å². The first-order valence-electron chi connectivity index (χ1n) is 6.66. The summed E-state index contributed by atoms with van der Waals surface area (Å²) in [5.74, 6) is 0.300. The van der Waals surface area contributed by atoms with Crippen molar-refractivity contribution < 1.29 is 4.92 Å². The molecule has 2 aromatic heterocycles. The first-order chi connectivity index (χ1) is 9.88. The highest BCUT2D eigenvalue weighted by Gasteiger charge is 2.18. The van der Waals surface area contributed by atoms with Crippen molar-refractivity contribution in [1.29, 1.82) is 0 Å². The third-order valence-electron chi connectivity index (χ3n) is 2.85. The molecule has 0 saturated heterocycles. The van der Waals surface area contributed by atoms with Crippen LogP contribution in [0.5, 0.6) is 0 Å². The zero-order valence-electron chi connectivity index (χ0n) is 12.3. The highest BCUT2D eigenvalue weighted by atomic mass is 32.1. The van der Waals surface area contributed by atoms with Gasteiger partial charge in [0.25, 0.3) is 0 Å². The summed E-state index contributed by atoms with van der Waals surface area (Å²) in [5.41, 5.74) is 1.04. The van der Waals surface area contributed by atoms with E-state index in [2.05, 4.69) is 36.1 Å². The van der Waals surface area contributed by atoms with Crippen LogP contribution in [-0.2, 0) is 11.8 Å². The molecular weight excluding hydrogens is 288 g/mol. The minimum Gasteiger partial charge on any atom is -0.364 e. The topological polar surface area (TPSA) is 81.0 Å². The molecule has 0 atom stereocenters. The summed E-state index contributed by atoms with van der Waals surface area (Å²) in [7, 11) is 0. The number of anilines is 1. The fourth-order valence-electron chi connectivity index (χ4n) is 1.76. The summed E-state index contributed by atoms with van der Waals surface area (Å²) in [4.78, 5) is 19.0. The molecule has 0 aliphatic carbocycles. The van der Waals surface area contributed by atoms with Crippen molar-refractivity contribution in [2.75, 3.05) is 11.9 Å². The van der Waals surface area contributed by atoms with Gasteiger partial charge in [0, 0.05) is 36.0 Å². The summed E-state index contributed by atoms with van der Waals surface area (Å²) in [6.07, 6.45) is 2.25. The van der Waals surface area contributed by atoms with Crippen molar-refractivity contribution in [2.24, 2.45) is 0 Å². The maximum absolute atomic E-state index is 10.9. The molecule has 7 heteroatoms. The summed E-state index contributed by atoms with van der Waals surface area (Å²) < 4.78 is 0. The molecular formula is C14H18N4O2S. The second-order valence-corrected chi connectivity index (χ2v) is 6.56. The molecule has 0 fully saturated rings. The standard InChI is InChI=1S/C14H18N4O2S/c1-14(2,3)13-17-10(9-21-13)6-8-16-12-11(18(19)20)5-4-7-15-12/h4-5,7,9H,6,8H2,1-3H3,(H,15,16). The molecule has 0 radical (unpaired) electrons. The molecule has 0 aromatic carbocycles. The lowest BCUT2D eigenvalue weighted by atomic mass is 9.98. The second kappa shape index (κ2) is 6.17. The number of nitrogens with zero attached hydrogens (tertiary/aromatic N) is 3. The first-order valence-corrected chi connectivity index (χ1v) is 7.54. The van der Waals surface area contributed by atoms with Crippen molar-refractivity contribution in [3.63, 3.8) is 0 Å². The van der Waals surface area contributed by atoms with Crippen LogP contribution >= 0.6 is 11.3 Å². The van der Waals surface area contributed by atoms with Gasteiger partial charge in [-0.3, -0.25) is 10.1 Å². The van der Waals surface area contributed by atoms with E-state index in [1.807, 2.05) is 5.38 Å². The van der Waals surface area contributed by atoms with Crippen molar-refractivity contribution in [3.8, 4) is 0 Å². The maximum atomic E-state index is 10.9. The first kappa shape index (κ1) is 15.4.